The van der Waals surface area contributed by atoms with E-state index >= 15 is 0 Å². The van der Waals surface area contributed by atoms with Crippen molar-refractivity contribution in [3.63, 3.8) is 0 Å². The highest BCUT2D eigenvalue weighted by molar-refractivity contribution is 7.80. The molecule has 0 spiro atoms. The van der Waals surface area contributed by atoms with Crippen molar-refractivity contribution in [1.29, 1.82) is 0 Å². The Morgan fingerprint density at radius 1 is 1.73 bits per heavy atom. The molecule has 0 aromatic heterocycles. The number of carbonyl (C=O) groups is 2. The largest absolute Gasteiger partial charge is 0.480 e. The molecule has 0 radical (unpaired) electrons. The Morgan fingerprint density at radius 2 is 2.40 bits per heavy atom. The number of nitrogens with zero attached hydrogens (tertiary/aromatic N) is 2. The molecule has 82 valence electrons. The molecule has 0 atom stereocenters. The predicted molar refractivity (Wildman–Crippen MR) is 51.0 cm³/mol. The summed E-state index contributed by atoms with van der Waals surface area (Å²) < 4.78 is 0. The average Bonchev–Trinajstić information content (AvgIpc) is 2.42. The van der Waals surface area contributed by atoms with Gasteiger partial charge in [0, 0.05) is 0 Å². The fraction of sp³-hybridized carbons (Fsp3) is 0.286. The Hall–Kier alpha value is -1.67. The number of carboxylic acids is 1. The number of carbonyl (C=O) groups excluding carboxylic acids is 1. The number of amides is 1. The summed E-state index contributed by atoms with van der Waals surface area (Å²) >= 11 is 4.80. The second kappa shape index (κ2) is 4.71. The Labute approximate surface area is 90.3 Å². The molecule has 1 fully saturated rings. The lowest BCUT2D eigenvalue weighted by Gasteiger charge is -2.15. The number of thiocarbonyl (C=S) groups is 1. The lowest BCUT2D eigenvalue weighted by Crippen LogP contribution is -2.36. The summed E-state index contributed by atoms with van der Waals surface area (Å²) in [6.07, 6.45) is 1.01. The van der Waals surface area contributed by atoms with E-state index in [-0.39, 0.29) is 11.7 Å². The molecule has 1 N–H and O–H groups in total. The van der Waals surface area contributed by atoms with Gasteiger partial charge in [0.25, 0.3) is 5.91 Å². The molecule has 1 saturated heterocycles. The third kappa shape index (κ3) is 2.64. The van der Waals surface area contributed by atoms with Crippen LogP contribution in [0.1, 0.15) is 0 Å². The van der Waals surface area contributed by atoms with Gasteiger partial charge in [-0.05, 0) is 12.2 Å². The molecule has 0 aromatic rings. The van der Waals surface area contributed by atoms with Gasteiger partial charge in [-0.2, -0.15) is 5.06 Å². The summed E-state index contributed by atoms with van der Waals surface area (Å²) in [6.45, 7) is 2.55. The van der Waals surface area contributed by atoms with Gasteiger partial charge in [0.2, 0.25) is 5.11 Å². The summed E-state index contributed by atoms with van der Waals surface area (Å²) in [7, 11) is 0. The van der Waals surface area contributed by atoms with Crippen molar-refractivity contribution in [1.82, 2.24) is 9.96 Å². The fourth-order valence-corrected chi connectivity index (χ4v) is 1.21. The fourth-order valence-electron chi connectivity index (χ4n) is 0.949. The van der Waals surface area contributed by atoms with E-state index in [0.29, 0.717) is 0 Å². The molecular weight excluding hydrogens is 224 g/mol. The lowest BCUT2D eigenvalue weighted by molar-refractivity contribution is -0.363. The summed E-state index contributed by atoms with van der Waals surface area (Å²) in [5.74, 6) is -1.62. The predicted octanol–water partition coefficient (Wildman–Crippen LogP) is -0.493. The molecule has 0 aromatic carbocycles. The van der Waals surface area contributed by atoms with Crippen molar-refractivity contribution in [2.75, 3.05) is 13.1 Å². The maximum Gasteiger partial charge on any atom is 0.323 e. The molecule has 15 heavy (non-hydrogen) atoms. The van der Waals surface area contributed by atoms with Crippen LogP contribution in [0.2, 0.25) is 0 Å². The van der Waals surface area contributed by atoms with E-state index in [0.717, 1.165) is 16.2 Å². The summed E-state index contributed by atoms with van der Waals surface area (Å²) in [5, 5.41) is 9.42. The smallest absolute Gasteiger partial charge is 0.323 e. The minimum atomic E-state index is -1.16. The Balaban J connectivity index is 2.61. The standard InChI is InChI=1S/C7H8N2O5S/c1-2-13-14-9-3-5(10)8(7(9)15)4-6(11)12/h2H,1,3-4H2,(H,11,12). The second-order valence-electron chi connectivity index (χ2n) is 2.53. The second-order valence-corrected chi connectivity index (χ2v) is 2.90. The van der Waals surface area contributed by atoms with Crippen LogP contribution in [0.5, 0.6) is 0 Å². The highest BCUT2D eigenvalue weighted by Crippen LogP contribution is 2.11. The molecule has 1 rings (SSSR count). The van der Waals surface area contributed by atoms with E-state index in [1.54, 1.807) is 0 Å². The van der Waals surface area contributed by atoms with Crippen molar-refractivity contribution in [3.05, 3.63) is 12.8 Å². The molecular formula is C7H8N2O5S. The van der Waals surface area contributed by atoms with E-state index < -0.39 is 18.4 Å². The van der Waals surface area contributed by atoms with Gasteiger partial charge >= 0.3 is 5.97 Å². The third-order valence-corrected chi connectivity index (χ3v) is 1.94. The summed E-state index contributed by atoms with van der Waals surface area (Å²) in [6, 6.07) is 0. The van der Waals surface area contributed by atoms with Crippen molar-refractivity contribution in [2.45, 2.75) is 0 Å². The van der Waals surface area contributed by atoms with Crippen LogP contribution in [-0.4, -0.2) is 45.1 Å². The normalized spacial score (nSPS) is 15.7. The Bertz CT molecular complexity index is 319. The SMILES string of the molecule is C=COON1CC(=O)N(CC(=O)O)C1=S. The molecule has 0 unspecified atom stereocenters. The molecule has 0 saturated carbocycles. The molecule has 1 heterocycles. The molecule has 0 bridgehead atoms. The van der Waals surface area contributed by atoms with Gasteiger partial charge < -0.3 is 9.99 Å². The first-order chi connectivity index (χ1) is 7.06. The van der Waals surface area contributed by atoms with Crippen molar-refractivity contribution >= 4 is 29.2 Å². The zero-order chi connectivity index (χ0) is 11.4. The minimum Gasteiger partial charge on any atom is -0.480 e. The van der Waals surface area contributed by atoms with Crippen molar-refractivity contribution < 1.29 is 24.6 Å². The van der Waals surface area contributed by atoms with Crippen LogP contribution < -0.4 is 0 Å². The first-order valence-corrected chi connectivity index (χ1v) is 4.25. The monoisotopic (exact) mass is 232 g/mol. The molecule has 1 aliphatic rings. The van der Waals surface area contributed by atoms with E-state index in [2.05, 4.69) is 16.5 Å². The molecule has 8 heteroatoms. The molecule has 1 amide bonds. The molecule has 1 aliphatic heterocycles. The first kappa shape index (κ1) is 11.4. The average molecular weight is 232 g/mol. The molecule has 0 aliphatic carbocycles. The number of hydrogen-bond acceptors (Lipinski definition) is 5. The van der Waals surface area contributed by atoms with E-state index in [9.17, 15) is 9.59 Å². The van der Waals surface area contributed by atoms with Crippen LogP contribution in [0, 0.1) is 0 Å². The van der Waals surface area contributed by atoms with Gasteiger partial charge in [-0.15, -0.1) is 0 Å². The Morgan fingerprint density at radius 3 is 2.93 bits per heavy atom. The maximum absolute atomic E-state index is 11.3. The summed E-state index contributed by atoms with van der Waals surface area (Å²) in [4.78, 5) is 31.5. The number of carboxylic acid groups (broad SMARTS) is 1. The van der Waals surface area contributed by atoms with Crippen LogP contribution in [0.15, 0.2) is 12.8 Å². The van der Waals surface area contributed by atoms with Crippen LogP contribution in [0.4, 0.5) is 0 Å². The highest BCUT2D eigenvalue weighted by Gasteiger charge is 2.35. The van der Waals surface area contributed by atoms with Crippen LogP contribution in [0.3, 0.4) is 0 Å². The third-order valence-electron chi connectivity index (χ3n) is 1.52. The zero-order valence-corrected chi connectivity index (χ0v) is 8.40. The van der Waals surface area contributed by atoms with Gasteiger partial charge in [0.15, 0.2) is 0 Å². The number of aliphatic carboxylic acids is 1. The van der Waals surface area contributed by atoms with E-state index in [1.165, 1.54) is 0 Å². The van der Waals surface area contributed by atoms with Gasteiger partial charge in [0.1, 0.15) is 19.4 Å². The summed E-state index contributed by atoms with van der Waals surface area (Å²) in [5.41, 5.74) is 0. The van der Waals surface area contributed by atoms with Crippen LogP contribution >= 0.6 is 12.2 Å². The minimum absolute atomic E-state index is 0.0516. The molecule has 7 nitrogen and oxygen atoms in total. The number of hydrogen-bond donors (Lipinski definition) is 1. The zero-order valence-electron chi connectivity index (χ0n) is 7.58. The van der Waals surface area contributed by atoms with Gasteiger partial charge in [-0.3, -0.25) is 14.5 Å². The topological polar surface area (TPSA) is 79.3 Å². The van der Waals surface area contributed by atoms with E-state index in [1.807, 2.05) is 0 Å². The van der Waals surface area contributed by atoms with Crippen LogP contribution in [0.25, 0.3) is 0 Å². The van der Waals surface area contributed by atoms with Crippen molar-refractivity contribution in [3.8, 4) is 0 Å². The van der Waals surface area contributed by atoms with Gasteiger partial charge in [-0.1, -0.05) is 11.6 Å². The number of hydroxylamine groups is 2. The van der Waals surface area contributed by atoms with Gasteiger partial charge in [0.05, 0.1) is 0 Å². The van der Waals surface area contributed by atoms with Crippen molar-refractivity contribution in [2.24, 2.45) is 0 Å². The highest BCUT2D eigenvalue weighted by atomic mass is 32.1. The number of rotatable bonds is 5. The maximum atomic E-state index is 11.3. The van der Waals surface area contributed by atoms with Crippen LogP contribution in [-0.2, 0) is 19.5 Å². The first-order valence-electron chi connectivity index (χ1n) is 3.84. The van der Waals surface area contributed by atoms with E-state index in [4.69, 9.17) is 17.3 Å². The van der Waals surface area contributed by atoms with Gasteiger partial charge in [-0.25, -0.2) is 0 Å². The Kier molecular flexibility index (Phi) is 3.58. The quantitative estimate of drug-likeness (QED) is 0.296. The lowest BCUT2D eigenvalue weighted by atomic mass is 10.5.